The molecule has 25 heavy (non-hydrogen) atoms. The van der Waals surface area contributed by atoms with Crippen LogP contribution in [0.5, 0.6) is 5.75 Å². The molecule has 0 unspecified atom stereocenters. The second kappa shape index (κ2) is 10.9. The van der Waals surface area contributed by atoms with Gasteiger partial charge < -0.3 is 20.5 Å². The molecular formula is C19H30FN3O2. The van der Waals surface area contributed by atoms with E-state index in [-0.39, 0.29) is 5.75 Å². The maximum absolute atomic E-state index is 13.4. The first-order valence-electron chi connectivity index (χ1n) is 9.30. The number of hydrogen-bond donors (Lipinski definition) is 3. The molecule has 1 fully saturated rings. The average molecular weight is 351 g/mol. The van der Waals surface area contributed by atoms with Crippen LogP contribution >= 0.6 is 0 Å². The summed E-state index contributed by atoms with van der Waals surface area (Å²) in [4.78, 5) is 4.44. The van der Waals surface area contributed by atoms with E-state index in [1.807, 2.05) is 6.92 Å². The number of nitrogens with zero attached hydrogens (tertiary/aromatic N) is 1. The summed E-state index contributed by atoms with van der Waals surface area (Å²) in [5.41, 5.74) is 0.710. The Morgan fingerprint density at radius 2 is 2.00 bits per heavy atom. The number of guanidine groups is 1. The third-order valence-corrected chi connectivity index (χ3v) is 4.33. The van der Waals surface area contributed by atoms with Crippen LogP contribution in [0.2, 0.25) is 0 Å². The number of halogens is 1. The molecule has 3 N–H and O–H groups in total. The van der Waals surface area contributed by atoms with Crippen molar-refractivity contribution in [3.05, 3.63) is 29.6 Å². The number of phenols is 1. The maximum Gasteiger partial charge on any atom is 0.191 e. The highest BCUT2D eigenvalue weighted by molar-refractivity contribution is 5.79. The molecule has 0 radical (unpaired) electrons. The predicted octanol–water partition coefficient (Wildman–Crippen LogP) is 3.33. The molecular weight excluding hydrogens is 321 g/mol. The highest BCUT2D eigenvalue weighted by atomic mass is 19.1. The normalized spacial score (nSPS) is 16.5. The van der Waals surface area contributed by atoms with Crippen LogP contribution in [0, 0.1) is 5.82 Å². The molecule has 0 aromatic heterocycles. The molecule has 1 aromatic carbocycles. The summed E-state index contributed by atoms with van der Waals surface area (Å²) in [6, 6.07) is 4.32. The lowest BCUT2D eigenvalue weighted by molar-refractivity contribution is 0.0468. The van der Waals surface area contributed by atoms with Crippen molar-refractivity contribution in [3.8, 4) is 5.75 Å². The summed E-state index contributed by atoms with van der Waals surface area (Å²) in [6.45, 7) is 4.43. The Kier molecular flexibility index (Phi) is 8.52. The topological polar surface area (TPSA) is 65.9 Å². The highest BCUT2D eigenvalue weighted by Gasteiger charge is 2.12. The fourth-order valence-electron chi connectivity index (χ4n) is 2.96. The lowest BCUT2D eigenvalue weighted by Crippen LogP contribution is -2.39. The SMILES string of the molecule is CCNC(=NCc1ccc(O)c(F)c1)NCCOC1CCCCCC1. The van der Waals surface area contributed by atoms with Gasteiger partial charge in [0.25, 0.3) is 0 Å². The van der Waals surface area contributed by atoms with Crippen LogP contribution in [0.1, 0.15) is 51.0 Å². The van der Waals surface area contributed by atoms with E-state index in [0.717, 1.165) is 6.54 Å². The minimum Gasteiger partial charge on any atom is -0.505 e. The number of ether oxygens (including phenoxy) is 1. The third kappa shape index (κ3) is 7.30. The summed E-state index contributed by atoms with van der Waals surface area (Å²) in [5, 5.41) is 15.6. The molecule has 2 rings (SSSR count). The molecule has 6 heteroatoms. The van der Waals surface area contributed by atoms with Gasteiger partial charge in [0, 0.05) is 13.1 Å². The molecule has 1 saturated carbocycles. The van der Waals surface area contributed by atoms with Crippen molar-refractivity contribution in [2.24, 2.45) is 4.99 Å². The van der Waals surface area contributed by atoms with Gasteiger partial charge >= 0.3 is 0 Å². The molecule has 0 bridgehead atoms. The van der Waals surface area contributed by atoms with Gasteiger partial charge in [-0.05, 0) is 37.5 Å². The van der Waals surface area contributed by atoms with Gasteiger partial charge in [0.05, 0.1) is 19.3 Å². The van der Waals surface area contributed by atoms with Gasteiger partial charge in [-0.15, -0.1) is 0 Å². The van der Waals surface area contributed by atoms with Gasteiger partial charge in [-0.2, -0.15) is 0 Å². The summed E-state index contributed by atoms with van der Waals surface area (Å²) in [7, 11) is 0. The molecule has 140 valence electrons. The van der Waals surface area contributed by atoms with E-state index in [2.05, 4.69) is 15.6 Å². The molecule has 0 amide bonds. The summed E-state index contributed by atoms with van der Waals surface area (Å²) < 4.78 is 19.3. The van der Waals surface area contributed by atoms with Crippen molar-refractivity contribution in [2.75, 3.05) is 19.7 Å². The van der Waals surface area contributed by atoms with E-state index in [1.165, 1.54) is 50.7 Å². The van der Waals surface area contributed by atoms with Crippen molar-refractivity contribution in [2.45, 2.75) is 58.1 Å². The number of hydrogen-bond acceptors (Lipinski definition) is 3. The molecule has 1 aromatic rings. The quantitative estimate of drug-likeness (QED) is 0.305. The first-order valence-corrected chi connectivity index (χ1v) is 9.30. The smallest absolute Gasteiger partial charge is 0.191 e. The van der Waals surface area contributed by atoms with Crippen LogP contribution in [0.15, 0.2) is 23.2 Å². The van der Waals surface area contributed by atoms with Crippen molar-refractivity contribution >= 4 is 5.96 Å². The molecule has 0 atom stereocenters. The number of benzene rings is 1. The second-order valence-electron chi connectivity index (χ2n) is 6.39. The van der Waals surface area contributed by atoms with Gasteiger partial charge in [0.15, 0.2) is 17.5 Å². The second-order valence-corrected chi connectivity index (χ2v) is 6.39. The fraction of sp³-hybridized carbons (Fsp3) is 0.632. The number of aliphatic imine (C=N–C) groups is 1. The molecule has 0 aliphatic heterocycles. The van der Waals surface area contributed by atoms with Gasteiger partial charge in [-0.1, -0.05) is 31.7 Å². The minimum absolute atomic E-state index is 0.339. The number of rotatable bonds is 7. The van der Waals surface area contributed by atoms with Crippen LogP contribution in [0.4, 0.5) is 4.39 Å². The van der Waals surface area contributed by atoms with Crippen molar-refractivity contribution in [1.29, 1.82) is 0 Å². The standard InChI is InChI=1S/C19H30FN3O2/c1-2-21-19(23-14-15-9-10-18(24)17(20)13-15)22-11-12-25-16-7-5-3-4-6-8-16/h9-10,13,16,24H,2-8,11-12,14H2,1H3,(H2,21,22,23). The van der Waals surface area contributed by atoms with Crippen molar-refractivity contribution in [1.82, 2.24) is 10.6 Å². The van der Waals surface area contributed by atoms with Crippen molar-refractivity contribution in [3.63, 3.8) is 0 Å². The number of aromatic hydroxyl groups is 1. The zero-order chi connectivity index (χ0) is 17.9. The Morgan fingerprint density at radius 1 is 1.24 bits per heavy atom. The van der Waals surface area contributed by atoms with Crippen molar-refractivity contribution < 1.29 is 14.2 Å². The van der Waals surface area contributed by atoms with Crippen LogP contribution in [0.3, 0.4) is 0 Å². The first-order chi connectivity index (χ1) is 12.2. The van der Waals surface area contributed by atoms with E-state index in [0.29, 0.717) is 37.3 Å². The predicted molar refractivity (Wildman–Crippen MR) is 98.3 cm³/mol. The monoisotopic (exact) mass is 351 g/mol. The van der Waals surface area contributed by atoms with Crippen LogP contribution in [-0.4, -0.2) is 36.9 Å². The maximum atomic E-state index is 13.4. The number of phenolic OH excluding ortho intramolecular Hbond substituents is 1. The third-order valence-electron chi connectivity index (χ3n) is 4.33. The molecule has 0 saturated heterocycles. The summed E-state index contributed by atoms with van der Waals surface area (Å²) in [6.07, 6.45) is 7.92. The fourth-order valence-corrected chi connectivity index (χ4v) is 2.96. The van der Waals surface area contributed by atoms with Crippen LogP contribution < -0.4 is 10.6 Å². The van der Waals surface area contributed by atoms with E-state index >= 15 is 0 Å². The zero-order valence-electron chi connectivity index (χ0n) is 15.1. The Hall–Kier alpha value is -1.82. The Bertz CT molecular complexity index is 543. The first kappa shape index (κ1) is 19.5. The van der Waals surface area contributed by atoms with Gasteiger partial charge in [0.1, 0.15) is 0 Å². The Balaban J connectivity index is 1.75. The minimum atomic E-state index is -0.623. The molecule has 1 aliphatic rings. The van der Waals surface area contributed by atoms with E-state index in [9.17, 15) is 9.50 Å². The zero-order valence-corrected chi connectivity index (χ0v) is 15.1. The Labute approximate surface area is 149 Å². The van der Waals surface area contributed by atoms with Gasteiger partial charge in [-0.25, -0.2) is 9.38 Å². The molecule has 0 spiro atoms. The summed E-state index contributed by atoms with van der Waals surface area (Å²) >= 11 is 0. The van der Waals surface area contributed by atoms with Gasteiger partial charge in [-0.3, -0.25) is 0 Å². The largest absolute Gasteiger partial charge is 0.505 e. The van der Waals surface area contributed by atoms with E-state index in [4.69, 9.17) is 4.74 Å². The van der Waals surface area contributed by atoms with E-state index < -0.39 is 5.82 Å². The lowest BCUT2D eigenvalue weighted by Gasteiger charge is -2.16. The lowest BCUT2D eigenvalue weighted by atomic mass is 10.1. The van der Waals surface area contributed by atoms with Crippen LogP contribution in [-0.2, 0) is 11.3 Å². The molecule has 5 nitrogen and oxygen atoms in total. The average Bonchev–Trinajstić information content (AvgIpc) is 2.88. The van der Waals surface area contributed by atoms with Gasteiger partial charge in [0.2, 0.25) is 0 Å². The van der Waals surface area contributed by atoms with E-state index in [1.54, 1.807) is 6.07 Å². The van der Waals surface area contributed by atoms with Crippen LogP contribution in [0.25, 0.3) is 0 Å². The highest BCUT2D eigenvalue weighted by Crippen LogP contribution is 2.19. The summed E-state index contributed by atoms with van der Waals surface area (Å²) in [5.74, 6) is -0.281. The Morgan fingerprint density at radius 3 is 2.68 bits per heavy atom. The number of nitrogens with one attached hydrogen (secondary N) is 2. The molecule has 0 heterocycles. The molecule has 1 aliphatic carbocycles.